The lowest BCUT2D eigenvalue weighted by atomic mass is 10.1. The van der Waals surface area contributed by atoms with Crippen molar-refractivity contribution in [1.82, 2.24) is 4.90 Å². The van der Waals surface area contributed by atoms with E-state index in [4.69, 9.17) is 0 Å². The number of aromatic carboxylic acids is 1. The fraction of sp³-hybridized carbons (Fsp3) is 0.105. The van der Waals surface area contributed by atoms with E-state index < -0.39 is 11.9 Å². The monoisotopic (exact) mass is 446 g/mol. The van der Waals surface area contributed by atoms with Crippen LogP contribution < -0.4 is 5.32 Å². The predicted octanol–water partition coefficient (Wildman–Crippen LogP) is 3.66. The van der Waals surface area contributed by atoms with Gasteiger partial charge in [-0.2, -0.15) is 0 Å². The number of amides is 2. The van der Waals surface area contributed by atoms with Gasteiger partial charge < -0.3 is 15.3 Å². The number of benzene rings is 2. The SMILES string of the molecule is O=C(CN1C(=O)CSC=C1c1ccccc1)Nc1ccc(Br)cc1C(=O)O. The lowest BCUT2D eigenvalue weighted by molar-refractivity contribution is -0.129. The second-order valence-electron chi connectivity index (χ2n) is 5.70. The number of anilines is 1. The fourth-order valence-corrected chi connectivity index (χ4v) is 3.77. The zero-order valence-electron chi connectivity index (χ0n) is 14.0. The number of halogens is 1. The Labute approximate surface area is 168 Å². The number of carboxylic acids is 1. The van der Waals surface area contributed by atoms with E-state index in [0.717, 1.165) is 5.56 Å². The molecular formula is C19H15BrN2O4S. The second-order valence-corrected chi connectivity index (χ2v) is 7.48. The molecule has 0 saturated heterocycles. The molecule has 0 aliphatic carbocycles. The molecule has 0 atom stereocenters. The van der Waals surface area contributed by atoms with Crippen molar-refractivity contribution in [1.29, 1.82) is 0 Å². The number of nitrogens with zero attached hydrogens (tertiary/aromatic N) is 1. The number of hydrogen-bond donors (Lipinski definition) is 2. The molecule has 2 N–H and O–H groups in total. The van der Waals surface area contributed by atoms with Crippen LogP contribution >= 0.6 is 27.7 Å². The average molecular weight is 447 g/mol. The number of hydrogen-bond acceptors (Lipinski definition) is 4. The molecule has 0 radical (unpaired) electrons. The van der Waals surface area contributed by atoms with Gasteiger partial charge in [0.05, 0.1) is 22.7 Å². The van der Waals surface area contributed by atoms with Crippen LogP contribution in [-0.4, -0.2) is 40.1 Å². The van der Waals surface area contributed by atoms with Gasteiger partial charge in [-0.1, -0.05) is 46.3 Å². The van der Waals surface area contributed by atoms with Crippen molar-refractivity contribution in [2.45, 2.75) is 0 Å². The van der Waals surface area contributed by atoms with E-state index in [1.165, 1.54) is 28.8 Å². The first-order valence-corrected chi connectivity index (χ1v) is 9.80. The van der Waals surface area contributed by atoms with Crippen molar-refractivity contribution in [3.63, 3.8) is 0 Å². The summed E-state index contributed by atoms with van der Waals surface area (Å²) < 4.78 is 0.593. The molecule has 1 aliphatic heterocycles. The minimum atomic E-state index is -1.15. The van der Waals surface area contributed by atoms with Crippen LogP contribution in [0.25, 0.3) is 5.70 Å². The molecule has 0 spiro atoms. The zero-order valence-corrected chi connectivity index (χ0v) is 16.4. The predicted molar refractivity (Wildman–Crippen MR) is 108 cm³/mol. The summed E-state index contributed by atoms with van der Waals surface area (Å²) in [7, 11) is 0. The van der Waals surface area contributed by atoms with E-state index in [9.17, 15) is 19.5 Å². The molecular weight excluding hydrogens is 432 g/mol. The van der Waals surface area contributed by atoms with E-state index >= 15 is 0 Å². The Kier molecular flexibility index (Phi) is 5.98. The highest BCUT2D eigenvalue weighted by atomic mass is 79.9. The van der Waals surface area contributed by atoms with Gasteiger partial charge in [0.1, 0.15) is 6.54 Å². The highest BCUT2D eigenvalue weighted by Gasteiger charge is 2.26. The van der Waals surface area contributed by atoms with Crippen molar-refractivity contribution >= 4 is 56.9 Å². The topological polar surface area (TPSA) is 86.7 Å². The quantitative estimate of drug-likeness (QED) is 0.731. The van der Waals surface area contributed by atoms with Gasteiger partial charge in [0.2, 0.25) is 11.8 Å². The molecule has 1 aliphatic rings. The van der Waals surface area contributed by atoms with Gasteiger partial charge in [0.15, 0.2) is 0 Å². The Balaban J connectivity index is 1.80. The Morgan fingerprint density at radius 1 is 1.19 bits per heavy atom. The second kappa shape index (κ2) is 8.41. The van der Waals surface area contributed by atoms with E-state index in [-0.39, 0.29) is 29.5 Å². The molecule has 27 heavy (non-hydrogen) atoms. The fourth-order valence-electron chi connectivity index (χ4n) is 2.61. The number of nitrogens with one attached hydrogen (secondary N) is 1. The van der Waals surface area contributed by atoms with Crippen LogP contribution in [0, 0.1) is 0 Å². The summed E-state index contributed by atoms with van der Waals surface area (Å²) in [6.45, 7) is -0.199. The van der Waals surface area contributed by atoms with Crippen LogP contribution in [0.4, 0.5) is 5.69 Å². The van der Waals surface area contributed by atoms with Crippen LogP contribution in [0.3, 0.4) is 0 Å². The van der Waals surface area contributed by atoms with Gasteiger partial charge in [-0.25, -0.2) is 4.79 Å². The molecule has 0 aromatic heterocycles. The molecule has 3 rings (SSSR count). The maximum atomic E-state index is 12.5. The van der Waals surface area contributed by atoms with Crippen molar-refractivity contribution in [3.8, 4) is 0 Å². The molecule has 2 aromatic carbocycles. The van der Waals surface area contributed by atoms with Crippen molar-refractivity contribution in [2.24, 2.45) is 0 Å². The van der Waals surface area contributed by atoms with Crippen LogP contribution in [0.15, 0.2) is 58.4 Å². The Bertz CT molecular complexity index is 931. The average Bonchev–Trinajstić information content (AvgIpc) is 2.65. The summed E-state index contributed by atoms with van der Waals surface area (Å²) in [6, 6.07) is 13.9. The van der Waals surface area contributed by atoms with Crippen LogP contribution in [-0.2, 0) is 9.59 Å². The highest BCUT2D eigenvalue weighted by Crippen LogP contribution is 2.28. The molecule has 0 fully saturated rings. The zero-order chi connectivity index (χ0) is 19.4. The molecule has 0 unspecified atom stereocenters. The lowest BCUT2D eigenvalue weighted by Gasteiger charge is -2.28. The summed E-state index contributed by atoms with van der Waals surface area (Å²) in [4.78, 5) is 37.7. The molecule has 138 valence electrons. The van der Waals surface area contributed by atoms with Gasteiger partial charge in [-0.3, -0.25) is 9.59 Å². The third-order valence-electron chi connectivity index (χ3n) is 3.85. The third kappa shape index (κ3) is 4.58. The number of carbonyl (C=O) groups excluding carboxylic acids is 2. The number of rotatable bonds is 5. The molecule has 0 bridgehead atoms. The molecule has 6 nitrogen and oxygen atoms in total. The summed E-state index contributed by atoms with van der Waals surface area (Å²) >= 11 is 4.59. The van der Waals surface area contributed by atoms with Crippen LogP contribution in [0.1, 0.15) is 15.9 Å². The summed E-state index contributed by atoms with van der Waals surface area (Å²) in [6.07, 6.45) is 0. The minimum absolute atomic E-state index is 0.0305. The highest BCUT2D eigenvalue weighted by molar-refractivity contribution is 9.10. The van der Waals surface area contributed by atoms with Gasteiger partial charge in [0.25, 0.3) is 0 Å². The molecule has 2 amide bonds. The van der Waals surface area contributed by atoms with E-state index in [0.29, 0.717) is 10.2 Å². The molecule has 0 saturated carbocycles. The Morgan fingerprint density at radius 2 is 1.93 bits per heavy atom. The van der Waals surface area contributed by atoms with Gasteiger partial charge in [-0.15, -0.1) is 11.8 Å². The number of thioether (sulfide) groups is 1. The number of carbonyl (C=O) groups is 3. The van der Waals surface area contributed by atoms with E-state index in [1.54, 1.807) is 6.07 Å². The first kappa shape index (κ1) is 19.2. The third-order valence-corrected chi connectivity index (χ3v) is 5.15. The molecule has 1 heterocycles. The van der Waals surface area contributed by atoms with Gasteiger partial charge in [-0.05, 0) is 29.2 Å². The van der Waals surface area contributed by atoms with Crippen LogP contribution in [0.2, 0.25) is 0 Å². The maximum Gasteiger partial charge on any atom is 0.337 e. The van der Waals surface area contributed by atoms with Crippen molar-refractivity contribution in [3.05, 3.63) is 69.5 Å². The smallest absolute Gasteiger partial charge is 0.337 e. The summed E-state index contributed by atoms with van der Waals surface area (Å²) in [5, 5.41) is 13.8. The molecule has 8 heteroatoms. The first-order valence-electron chi connectivity index (χ1n) is 7.96. The van der Waals surface area contributed by atoms with E-state index in [2.05, 4.69) is 21.2 Å². The largest absolute Gasteiger partial charge is 0.478 e. The van der Waals surface area contributed by atoms with Gasteiger partial charge in [0, 0.05) is 4.47 Å². The Morgan fingerprint density at radius 3 is 2.63 bits per heavy atom. The van der Waals surface area contributed by atoms with Crippen molar-refractivity contribution in [2.75, 3.05) is 17.6 Å². The van der Waals surface area contributed by atoms with Crippen LogP contribution in [0.5, 0.6) is 0 Å². The molecule has 2 aromatic rings. The van der Waals surface area contributed by atoms with Crippen molar-refractivity contribution < 1.29 is 19.5 Å². The first-order chi connectivity index (χ1) is 13.0. The standard InChI is InChI=1S/C19H15BrN2O4S/c20-13-6-7-15(14(8-13)19(25)26)21-17(23)9-22-16(10-27-11-18(22)24)12-4-2-1-3-5-12/h1-8,10H,9,11H2,(H,21,23)(H,25,26). The van der Waals surface area contributed by atoms with Gasteiger partial charge >= 0.3 is 5.97 Å². The maximum absolute atomic E-state index is 12.5. The number of carboxylic acid groups (broad SMARTS) is 1. The summed E-state index contributed by atoms with van der Waals surface area (Å²) in [5.41, 5.74) is 1.64. The Hall–Kier alpha value is -2.58. The normalized spacial score (nSPS) is 13.9. The summed E-state index contributed by atoms with van der Waals surface area (Å²) in [5.74, 6) is -1.54. The minimum Gasteiger partial charge on any atom is -0.478 e. The van der Waals surface area contributed by atoms with E-state index in [1.807, 2.05) is 35.7 Å². The lowest BCUT2D eigenvalue weighted by Crippen LogP contribution is -2.39.